The molecule has 5 atom stereocenters. The number of rotatable bonds is 6. The molecule has 1 saturated carbocycles. The molecule has 0 radical (unpaired) electrons. The Morgan fingerprint density at radius 2 is 1.96 bits per heavy atom. The number of epoxide rings is 1. The molecule has 2 aliphatic heterocycles. The lowest BCUT2D eigenvalue weighted by molar-refractivity contribution is -0.168. The Balaban J connectivity index is 1.33. The summed E-state index contributed by atoms with van der Waals surface area (Å²) in [5, 5.41) is 2.91. The third kappa shape index (κ3) is 4.17. The lowest BCUT2D eigenvalue weighted by atomic mass is 10.2. The van der Waals surface area contributed by atoms with Gasteiger partial charge in [-0.25, -0.2) is 4.79 Å². The molecule has 0 aromatic heterocycles. The molecular formula is C19H25NO6. The Labute approximate surface area is 152 Å². The Hall–Kier alpha value is -1.67. The van der Waals surface area contributed by atoms with Gasteiger partial charge in [-0.1, -0.05) is 30.3 Å². The first kappa shape index (κ1) is 17.7. The Morgan fingerprint density at radius 1 is 1.23 bits per heavy atom. The molecule has 2 saturated heterocycles. The van der Waals surface area contributed by atoms with E-state index in [9.17, 15) is 4.79 Å². The molecule has 142 valence electrons. The number of carbonyl (C=O) groups is 1. The number of ether oxygens (including phenoxy) is 5. The molecule has 1 N–H and O–H groups in total. The van der Waals surface area contributed by atoms with Gasteiger partial charge in [-0.15, -0.1) is 0 Å². The first-order valence-corrected chi connectivity index (χ1v) is 9.06. The largest absolute Gasteiger partial charge is 0.445 e. The zero-order valence-electron chi connectivity index (χ0n) is 15.1. The van der Waals surface area contributed by atoms with Crippen molar-refractivity contribution in [1.82, 2.24) is 5.32 Å². The smallest absolute Gasteiger partial charge is 0.407 e. The predicted octanol–water partition coefficient (Wildman–Crippen LogP) is 1.99. The summed E-state index contributed by atoms with van der Waals surface area (Å²) in [5.41, 5.74) is 0.944. The van der Waals surface area contributed by atoms with Gasteiger partial charge in [0.1, 0.15) is 24.9 Å². The van der Waals surface area contributed by atoms with Crippen molar-refractivity contribution < 1.29 is 28.5 Å². The van der Waals surface area contributed by atoms with E-state index in [2.05, 4.69) is 5.32 Å². The number of nitrogens with one attached hydrogen (secondary N) is 1. The molecule has 1 aromatic rings. The average Bonchev–Trinajstić information content (AvgIpc) is 3.32. The maximum absolute atomic E-state index is 12.2. The minimum absolute atomic E-state index is 0.134. The van der Waals surface area contributed by atoms with Crippen molar-refractivity contribution >= 4 is 6.09 Å². The number of carbonyl (C=O) groups excluding carboxylic acids is 1. The molecule has 3 fully saturated rings. The second-order valence-corrected chi connectivity index (χ2v) is 7.44. The summed E-state index contributed by atoms with van der Waals surface area (Å²) >= 11 is 0. The maximum atomic E-state index is 12.2. The number of alkyl carbamates (subject to hydrolysis) is 1. The third-order valence-electron chi connectivity index (χ3n) is 4.83. The van der Waals surface area contributed by atoms with E-state index in [1.807, 2.05) is 44.2 Å². The van der Waals surface area contributed by atoms with Crippen LogP contribution in [0, 0.1) is 0 Å². The second kappa shape index (κ2) is 7.15. The van der Waals surface area contributed by atoms with Crippen molar-refractivity contribution in [3.63, 3.8) is 0 Å². The van der Waals surface area contributed by atoms with Crippen LogP contribution in [0.3, 0.4) is 0 Å². The van der Waals surface area contributed by atoms with Crippen LogP contribution in [0.5, 0.6) is 0 Å². The zero-order chi connectivity index (χ0) is 18.1. The fourth-order valence-electron chi connectivity index (χ4n) is 3.55. The minimum atomic E-state index is -0.693. The van der Waals surface area contributed by atoms with Crippen molar-refractivity contribution in [1.29, 1.82) is 0 Å². The highest BCUT2D eigenvalue weighted by Crippen LogP contribution is 2.40. The number of fused-ring (bicyclic) bond motifs is 1. The topological polar surface area (TPSA) is 78.6 Å². The highest BCUT2D eigenvalue weighted by Gasteiger charge is 2.55. The normalized spacial score (nSPS) is 34.3. The molecule has 1 amide bonds. The number of benzene rings is 1. The standard InChI is InChI=1S/C19H25NO6/c1-19(2)25-16-14(8-15(17(16)26-19)23-11-13-10-22-13)20-18(21)24-9-12-6-4-3-5-7-12/h3-7,13-17H,8-11H2,1-2H3,(H,20,21)/t13?,14-,15+,16+,17?/m1/s1. The molecule has 2 heterocycles. The van der Waals surface area contributed by atoms with Crippen LogP contribution in [0.15, 0.2) is 30.3 Å². The van der Waals surface area contributed by atoms with Gasteiger partial charge in [0.2, 0.25) is 0 Å². The molecular weight excluding hydrogens is 338 g/mol. The molecule has 7 heteroatoms. The van der Waals surface area contributed by atoms with Crippen LogP contribution in [-0.4, -0.2) is 55.6 Å². The lowest BCUT2D eigenvalue weighted by Gasteiger charge is -2.24. The fourth-order valence-corrected chi connectivity index (χ4v) is 3.55. The molecule has 1 aromatic carbocycles. The summed E-state index contributed by atoms with van der Waals surface area (Å²) in [7, 11) is 0. The summed E-state index contributed by atoms with van der Waals surface area (Å²) < 4.78 is 28.5. The Morgan fingerprint density at radius 3 is 2.69 bits per heavy atom. The van der Waals surface area contributed by atoms with Gasteiger partial charge in [0.15, 0.2) is 5.79 Å². The third-order valence-corrected chi connectivity index (χ3v) is 4.83. The van der Waals surface area contributed by atoms with Gasteiger partial charge < -0.3 is 29.0 Å². The first-order chi connectivity index (χ1) is 12.5. The number of amides is 1. The summed E-state index contributed by atoms with van der Waals surface area (Å²) in [5.74, 6) is -0.693. The van der Waals surface area contributed by atoms with Gasteiger partial charge in [-0.05, 0) is 25.8 Å². The molecule has 7 nitrogen and oxygen atoms in total. The van der Waals surface area contributed by atoms with Crippen molar-refractivity contribution in [2.75, 3.05) is 13.2 Å². The van der Waals surface area contributed by atoms with E-state index >= 15 is 0 Å². The lowest BCUT2D eigenvalue weighted by Crippen LogP contribution is -2.43. The van der Waals surface area contributed by atoms with Crippen LogP contribution in [0.25, 0.3) is 0 Å². The second-order valence-electron chi connectivity index (χ2n) is 7.44. The van der Waals surface area contributed by atoms with Crippen LogP contribution in [-0.2, 0) is 30.3 Å². The SMILES string of the molecule is CC1(C)OC2[C@@H](OCC3CO3)C[C@@H](NC(=O)OCc3ccccc3)[C@@H]2O1. The van der Waals surface area contributed by atoms with Crippen molar-refractivity contribution in [3.8, 4) is 0 Å². The highest BCUT2D eigenvalue weighted by molar-refractivity contribution is 5.67. The quantitative estimate of drug-likeness (QED) is 0.779. The molecule has 0 bridgehead atoms. The van der Waals surface area contributed by atoms with Crippen LogP contribution in [0.4, 0.5) is 4.79 Å². The molecule has 2 unspecified atom stereocenters. The van der Waals surface area contributed by atoms with Crippen molar-refractivity contribution in [3.05, 3.63) is 35.9 Å². The van der Waals surface area contributed by atoms with E-state index < -0.39 is 11.9 Å². The van der Waals surface area contributed by atoms with Gasteiger partial charge in [0.25, 0.3) is 0 Å². The monoisotopic (exact) mass is 363 g/mol. The predicted molar refractivity (Wildman–Crippen MR) is 91.5 cm³/mol. The fraction of sp³-hybridized carbons (Fsp3) is 0.632. The van der Waals surface area contributed by atoms with E-state index in [-0.39, 0.29) is 37.1 Å². The van der Waals surface area contributed by atoms with Gasteiger partial charge in [-0.3, -0.25) is 0 Å². The van der Waals surface area contributed by atoms with Gasteiger partial charge in [0.05, 0.1) is 25.4 Å². The summed E-state index contributed by atoms with van der Waals surface area (Å²) in [6.45, 7) is 5.27. The molecule has 0 spiro atoms. The van der Waals surface area contributed by atoms with E-state index in [4.69, 9.17) is 23.7 Å². The first-order valence-electron chi connectivity index (χ1n) is 9.06. The zero-order valence-corrected chi connectivity index (χ0v) is 15.1. The molecule has 26 heavy (non-hydrogen) atoms. The maximum Gasteiger partial charge on any atom is 0.407 e. The molecule has 4 rings (SSSR count). The number of hydrogen-bond donors (Lipinski definition) is 1. The van der Waals surface area contributed by atoms with Crippen LogP contribution in [0.2, 0.25) is 0 Å². The molecule has 1 aliphatic carbocycles. The Kier molecular flexibility index (Phi) is 4.88. The van der Waals surface area contributed by atoms with Gasteiger partial charge in [0, 0.05) is 0 Å². The van der Waals surface area contributed by atoms with Crippen molar-refractivity contribution in [2.24, 2.45) is 0 Å². The van der Waals surface area contributed by atoms with E-state index in [0.29, 0.717) is 13.0 Å². The van der Waals surface area contributed by atoms with E-state index in [1.165, 1.54) is 0 Å². The summed E-state index contributed by atoms with van der Waals surface area (Å²) in [4.78, 5) is 12.2. The van der Waals surface area contributed by atoms with Crippen LogP contribution < -0.4 is 5.32 Å². The van der Waals surface area contributed by atoms with E-state index in [0.717, 1.165) is 12.2 Å². The highest BCUT2D eigenvalue weighted by atomic mass is 16.8. The summed E-state index contributed by atoms with van der Waals surface area (Å²) in [6.07, 6.45) is -0.241. The van der Waals surface area contributed by atoms with Crippen LogP contribution >= 0.6 is 0 Å². The van der Waals surface area contributed by atoms with Gasteiger partial charge in [-0.2, -0.15) is 0 Å². The number of hydrogen-bond acceptors (Lipinski definition) is 6. The average molecular weight is 363 g/mol. The van der Waals surface area contributed by atoms with Crippen molar-refractivity contribution in [2.45, 2.75) is 63.1 Å². The molecule has 3 aliphatic rings. The minimum Gasteiger partial charge on any atom is -0.445 e. The Bertz CT molecular complexity index is 632. The van der Waals surface area contributed by atoms with Crippen LogP contribution in [0.1, 0.15) is 25.8 Å². The van der Waals surface area contributed by atoms with Gasteiger partial charge >= 0.3 is 6.09 Å². The van der Waals surface area contributed by atoms with E-state index in [1.54, 1.807) is 0 Å². The summed E-state index contributed by atoms with van der Waals surface area (Å²) in [6, 6.07) is 9.37.